The summed E-state index contributed by atoms with van der Waals surface area (Å²) in [5.41, 5.74) is 0.513. The molecule has 5 nitrogen and oxygen atoms in total. The van der Waals surface area contributed by atoms with Gasteiger partial charge in [-0.05, 0) is 44.5 Å². The first-order valence-corrected chi connectivity index (χ1v) is 6.59. The quantitative estimate of drug-likeness (QED) is 0.876. The summed E-state index contributed by atoms with van der Waals surface area (Å²) in [7, 11) is 0. The van der Waals surface area contributed by atoms with Gasteiger partial charge in [0.2, 0.25) is 0 Å². The van der Waals surface area contributed by atoms with Crippen LogP contribution in [0.25, 0.3) is 0 Å². The van der Waals surface area contributed by atoms with E-state index in [1.807, 2.05) is 19.1 Å². The van der Waals surface area contributed by atoms with Crippen LogP contribution in [0, 0.1) is 6.92 Å². The molecular weight excluding hydrogens is 256 g/mol. The summed E-state index contributed by atoms with van der Waals surface area (Å²) in [6.07, 6.45) is 3.13. The van der Waals surface area contributed by atoms with Crippen LogP contribution in [0.3, 0.4) is 0 Å². The highest BCUT2D eigenvalue weighted by atomic mass is 16.3. The van der Waals surface area contributed by atoms with Crippen molar-refractivity contribution in [2.75, 3.05) is 0 Å². The molecule has 2 rings (SSSR count). The Hall–Kier alpha value is -2.30. The molecule has 1 atom stereocenters. The van der Waals surface area contributed by atoms with Crippen LogP contribution in [0.2, 0.25) is 0 Å². The number of H-pyrrole nitrogens is 1. The van der Waals surface area contributed by atoms with Gasteiger partial charge in [-0.3, -0.25) is 9.59 Å². The summed E-state index contributed by atoms with van der Waals surface area (Å²) in [6, 6.07) is 6.96. The third-order valence-electron chi connectivity index (χ3n) is 3.08. The molecule has 0 radical (unpaired) electrons. The lowest BCUT2D eigenvalue weighted by Gasteiger charge is -2.12. The Labute approximate surface area is 117 Å². The lowest BCUT2D eigenvalue weighted by molar-refractivity contribution is 0.0936. The fourth-order valence-electron chi connectivity index (χ4n) is 1.94. The first-order chi connectivity index (χ1) is 9.56. The number of furan rings is 1. The van der Waals surface area contributed by atoms with E-state index in [-0.39, 0.29) is 23.1 Å². The van der Waals surface area contributed by atoms with Gasteiger partial charge in [-0.25, -0.2) is 0 Å². The molecule has 0 unspecified atom stereocenters. The van der Waals surface area contributed by atoms with Crippen molar-refractivity contribution in [3.8, 4) is 0 Å². The van der Waals surface area contributed by atoms with Crippen molar-refractivity contribution in [1.29, 1.82) is 0 Å². The summed E-state index contributed by atoms with van der Waals surface area (Å²) in [6.45, 7) is 3.68. The normalized spacial score (nSPS) is 12.1. The molecule has 0 bridgehead atoms. The van der Waals surface area contributed by atoms with E-state index in [0.29, 0.717) is 0 Å². The Kier molecular flexibility index (Phi) is 4.40. The van der Waals surface area contributed by atoms with E-state index in [9.17, 15) is 9.59 Å². The predicted molar refractivity (Wildman–Crippen MR) is 75.8 cm³/mol. The second kappa shape index (κ2) is 6.23. The number of nitrogens with one attached hydrogen (secondary N) is 2. The molecule has 2 aromatic rings. The van der Waals surface area contributed by atoms with Crippen LogP contribution in [-0.4, -0.2) is 16.9 Å². The minimum Gasteiger partial charge on any atom is -0.469 e. The van der Waals surface area contributed by atoms with E-state index in [1.54, 1.807) is 25.3 Å². The number of hydrogen-bond acceptors (Lipinski definition) is 3. The standard InChI is InChI=1S/C15H18N2O3/c1-10(5-7-12-4-3-9-20-12)16-14(18)13-8-6-11(2)17-15(13)19/h3-4,6,8-10H,5,7H2,1-2H3,(H,16,18)(H,17,19)/t10-/m0/s1. The Bertz CT molecular complexity index is 629. The molecular formula is C15H18N2O3. The molecule has 2 N–H and O–H groups in total. The zero-order valence-corrected chi connectivity index (χ0v) is 11.6. The average Bonchev–Trinajstić information content (AvgIpc) is 2.89. The van der Waals surface area contributed by atoms with Crippen molar-refractivity contribution < 1.29 is 9.21 Å². The second-order valence-corrected chi connectivity index (χ2v) is 4.88. The summed E-state index contributed by atoms with van der Waals surface area (Å²) in [5.74, 6) is 0.539. The molecule has 20 heavy (non-hydrogen) atoms. The number of carbonyl (C=O) groups excluding carboxylic acids is 1. The first-order valence-electron chi connectivity index (χ1n) is 6.59. The highest BCUT2D eigenvalue weighted by molar-refractivity contribution is 5.93. The minimum atomic E-state index is -0.360. The molecule has 0 aliphatic carbocycles. The van der Waals surface area contributed by atoms with Crippen LogP contribution in [0.15, 0.2) is 39.7 Å². The smallest absolute Gasteiger partial charge is 0.260 e. The van der Waals surface area contributed by atoms with E-state index < -0.39 is 0 Å². The van der Waals surface area contributed by atoms with Crippen LogP contribution in [0.4, 0.5) is 0 Å². The van der Waals surface area contributed by atoms with Gasteiger partial charge >= 0.3 is 0 Å². The maximum atomic E-state index is 12.0. The monoisotopic (exact) mass is 274 g/mol. The van der Waals surface area contributed by atoms with Gasteiger partial charge in [-0.15, -0.1) is 0 Å². The largest absolute Gasteiger partial charge is 0.469 e. The van der Waals surface area contributed by atoms with Gasteiger partial charge in [-0.2, -0.15) is 0 Å². The third kappa shape index (κ3) is 3.60. The number of amides is 1. The van der Waals surface area contributed by atoms with Crippen molar-refractivity contribution in [3.63, 3.8) is 0 Å². The first kappa shape index (κ1) is 14.1. The Morgan fingerprint density at radius 2 is 2.20 bits per heavy atom. The number of aromatic nitrogens is 1. The van der Waals surface area contributed by atoms with Gasteiger partial charge in [0, 0.05) is 18.2 Å². The number of aromatic amines is 1. The molecule has 106 valence electrons. The summed E-state index contributed by atoms with van der Waals surface area (Å²) in [5, 5.41) is 2.82. The molecule has 5 heteroatoms. The molecule has 2 aromatic heterocycles. The molecule has 0 spiro atoms. The van der Waals surface area contributed by atoms with Crippen molar-refractivity contribution in [3.05, 3.63) is 57.9 Å². The van der Waals surface area contributed by atoms with Crippen molar-refractivity contribution >= 4 is 5.91 Å². The van der Waals surface area contributed by atoms with Crippen LogP contribution in [0.5, 0.6) is 0 Å². The lowest BCUT2D eigenvalue weighted by Crippen LogP contribution is -2.36. The van der Waals surface area contributed by atoms with Crippen LogP contribution in [0.1, 0.15) is 35.2 Å². The lowest BCUT2D eigenvalue weighted by atomic mass is 10.1. The molecule has 1 amide bonds. The van der Waals surface area contributed by atoms with Crippen LogP contribution >= 0.6 is 0 Å². The summed E-state index contributed by atoms with van der Waals surface area (Å²) in [4.78, 5) is 26.3. The fraction of sp³-hybridized carbons (Fsp3) is 0.333. The highest BCUT2D eigenvalue weighted by Crippen LogP contribution is 2.06. The molecule has 0 saturated carbocycles. The van der Waals surface area contributed by atoms with Crippen molar-refractivity contribution in [2.24, 2.45) is 0 Å². The molecule has 0 aliphatic heterocycles. The Morgan fingerprint density at radius 1 is 1.40 bits per heavy atom. The maximum absolute atomic E-state index is 12.0. The third-order valence-corrected chi connectivity index (χ3v) is 3.08. The highest BCUT2D eigenvalue weighted by Gasteiger charge is 2.13. The predicted octanol–water partition coefficient (Wildman–Crippen LogP) is 2.03. The van der Waals surface area contributed by atoms with Crippen molar-refractivity contribution in [2.45, 2.75) is 32.7 Å². The van der Waals surface area contributed by atoms with E-state index >= 15 is 0 Å². The number of aryl methyl sites for hydroxylation is 2. The second-order valence-electron chi connectivity index (χ2n) is 4.88. The van der Waals surface area contributed by atoms with Gasteiger partial charge in [0.25, 0.3) is 11.5 Å². The van der Waals surface area contributed by atoms with Gasteiger partial charge in [0.1, 0.15) is 11.3 Å². The molecule has 2 heterocycles. The number of rotatable bonds is 5. The topological polar surface area (TPSA) is 75.1 Å². The number of hydrogen-bond donors (Lipinski definition) is 2. The minimum absolute atomic E-state index is 0.0340. The van der Waals surface area contributed by atoms with Gasteiger partial charge in [0.05, 0.1) is 6.26 Å². The average molecular weight is 274 g/mol. The SMILES string of the molecule is Cc1ccc(C(=O)N[C@@H](C)CCc2ccco2)c(=O)[nH]1. The van der Waals surface area contributed by atoms with E-state index in [1.165, 1.54) is 0 Å². The van der Waals surface area contributed by atoms with E-state index in [4.69, 9.17) is 4.42 Å². The van der Waals surface area contributed by atoms with Gasteiger partial charge in [-0.1, -0.05) is 0 Å². The molecule has 0 saturated heterocycles. The van der Waals surface area contributed by atoms with Crippen LogP contribution < -0.4 is 10.9 Å². The molecule has 0 aliphatic rings. The summed E-state index contributed by atoms with van der Waals surface area (Å²) < 4.78 is 5.24. The Morgan fingerprint density at radius 3 is 2.85 bits per heavy atom. The zero-order chi connectivity index (χ0) is 14.5. The van der Waals surface area contributed by atoms with E-state index in [0.717, 1.165) is 24.3 Å². The van der Waals surface area contributed by atoms with E-state index in [2.05, 4.69) is 10.3 Å². The summed E-state index contributed by atoms with van der Waals surface area (Å²) >= 11 is 0. The van der Waals surface area contributed by atoms with Gasteiger partial charge in [0.15, 0.2) is 0 Å². The fourth-order valence-corrected chi connectivity index (χ4v) is 1.94. The Balaban J connectivity index is 1.91. The maximum Gasteiger partial charge on any atom is 0.260 e. The van der Waals surface area contributed by atoms with Gasteiger partial charge < -0.3 is 14.7 Å². The number of carbonyl (C=O) groups is 1. The van der Waals surface area contributed by atoms with Crippen molar-refractivity contribution in [1.82, 2.24) is 10.3 Å². The van der Waals surface area contributed by atoms with Crippen LogP contribution in [-0.2, 0) is 6.42 Å². The molecule has 0 fully saturated rings. The molecule has 0 aromatic carbocycles. The number of pyridine rings is 1. The zero-order valence-electron chi connectivity index (χ0n) is 11.6.